The van der Waals surface area contributed by atoms with Crippen molar-refractivity contribution in [3.05, 3.63) is 29.8 Å². The van der Waals surface area contributed by atoms with E-state index in [1.54, 1.807) is 7.05 Å². The molecule has 0 aromatic heterocycles. The van der Waals surface area contributed by atoms with Crippen LogP contribution < -0.4 is 15.4 Å². The predicted octanol–water partition coefficient (Wildman–Crippen LogP) is 3.26. The van der Waals surface area contributed by atoms with Crippen molar-refractivity contribution >= 4 is 29.9 Å². The van der Waals surface area contributed by atoms with Crippen molar-refractivity contribution in [2.75, 3.05) is 47.0 Å². The summed E-state index contributed by atoms with van der Waals surface area (Å²) in [5, 5.41) is 6.68. The van der Waals surface area contributed by atoms with Crippen molar-refractivity contribution in [2.24, 2.45) is 4.99 Å². The maximum Gasteiger partial charge on any atom is 0.191 e. The Morgan fingerprint density at radius 3 is 2.79 bits per heavy atom. The van der Waals surface area contributed by atoms with Gasteiger partial charge in [0.25, 0.3) is 0 Å². The summed E-state index contributed by atoms with van der Waals surface area (Å²) in [4.78, 5) is 6.65. The van der Waals surface area contributed by atoms with Crippen molar-refractivity contribution < 1.29 is 9.47 Å². The summed E-state index contributed by atoms with van der Waals surface area (Å²) in [6, 6.07) is 8.88. The lowest BCUT2D eigenvalue weighted by Gasteiger charge is -2.31. The number of ether oxygens (including phenoxy) is 2. The zero-order valence-corrected chi connectivity index (χ0v) is 19.9. The molecule has 1 aliphatic heterocycles. The topological polar surface area (TPSA) is 58.1 Å². The Balaban J connectivity index is 0.00000392. The molecule has 1 aliphatic rings. The van der Waals surface area contributed by atoms with Crippen LogP contribution in [0.3, 0.4) is 0 Å². The van der Waals surface area contributed by atoms with E-state index >= 15 is 0 Å². The Bertz CT molecular complexity index is 565. The summed E-state index contributed by atoms with van der Waals surface area (Å²) in [6.07, 6.45) is 4.55. The largest absolute Gasteiger partial charge is 0.492 e. The number of halogens is 1. The van der Waals surface area contributed by atoms with Crippen LogP contribution in [0.5, 0.6) is 5.75 Å². The summed E-state index contributed by atoms with van der Waals surface area (Å²) >= 11 is 0. The number of benzene rings is 1. The van der Waals surface area contributed by atoms with Gasteiger partial charge in [-0.25, -0.2) is 0 Å². The molecule has 0 atom stereocenters. The summed E-state index contributed by atoms with van der Waals surface area (Å²) in [5.41, 5.74) is 1.18. The molecule has 1 aromatic carbocycles. The van der Waals surface area contributed by atoms with Gasteiger partial charge in [-0.1, -0.05) is 25.5 Å². The predicted molar refractivity (Wildman–Crippen MR) is 127 cm³/mol. The van der Waals surface area contributed by atoms with Gasteiger partial charge >= 0.3 is 0 Å². The lowest BCUT2D eigenvalue weighted by Crippen LogP contribution is -2.38. The fourth-order valence-electron chi connectivity index (χ4n) is 3.15. The molecule has 1 heterocycles. The molecule has 0 radical (unpaired) electrons. The first-order chi connectivity index (χ1) is 13.2. The molecule has 0 aliphatic carbocycles. The maximum absolute atomic E-state index is 5.97. The minimum absolute atomic E-state index is 0. The van der Waals surface area contributed by atoms with Crippen molar-refractivity contribution in [1.82, 2.24) is 15.5 Å². The van der Waals surface area contributed by atoms with Crippen molar-refractivity contribution in [3.8, 4) is 5.75 Å². The van der Waals surface area contributed by atoms with E-state index in [0.29, 0.717) is 12.6 Å². The third-order valence-corrected chi connectivity index (χ3v) is 4.93. The highest BCUT2D eigenvalue weighted by Gasteiger charge is 2.17. The third-order valence-electron chi connectivity index (χ3n) is 4.93. The molecule has 2 N–H and O–H groups in total. The number of rotatable bonds is 10. The quantitative estimate of drug-likeness (QED) is 0.222. The van der Waals surface area contributed by atoms with E-state index in [2.05, 4.69) is 46.6 Å². The fraction of sp³-hybridized carbons (Fsp3) is 0.667. The van der Waals surface area contributed by atoms with E-state index in [0.717, 1.165) is 63.8 Å². The van der Waals surface area contributed by atoms with Crippen LogP contribution in [0.4, 0.5) is 0 Å². The van der Waals surface area contributed by atoms with Gasteiger partial charge in [-0.15, -0.1) is 24.0 Å². The number of nitrogens with zero attached hydrogens (tertiary/aromatic N) is 2. The van der Waals surface area contributed by atoms with E-state index in [9.17, 15) is 0 Å². The lowest BCUT2D eigenvalue weighted by molar-refractivity contribution is 0.0392. The average Bonchev–Trinajstić information content (AvgIpc) is 2.71. The smallest absolute Gasteiger partial charge is 0.191 e. The molecular formula is C21H37IN4O2. The Hall–Kier alpha value is -1.06. The van der Waals surface area contributed by atoms with E-state index in [1.807, 2.05) is 12.1 Å². The van der Waals surface area contributed by atoms with Crippen LogP contribution in [-0.4, -0.2) is 63.9 Å². The molecule has 0 saturated carbocycles. The van der Waals surface area contributed by atoms with Crippen LogP contribution in [0.15, 0.2) is 29.3 Å². The summed E-state index contributed by atoms with van der Waals surface area (Å²) in [6.45, 7) is 7.24. The highest BCUT2D eigenvalue weighted by Crippen LogP contribution is 2.15. The van der Waals surface area contributed by atoms with Gasteiger partial charge in [0.2, 0.25) is 0 Å². The van der Waals surface area contributed by atoms with Crippen LogP contribution in [0.1, 0.15) is 38.2 Å². The number of guanidine groups is 1. The number of nitrogens with one attached hydrogen (secondary N) is 2. The number of hydrogen-bond acceptors (Lipinski definition) is 4. The van der Waals surface area contributed by atoms with Gasteiger partial charge in [0, 0.05) is 45.9 Å². The molecule has 160 valence electrons. The van der Waals surface area contributed by atoms with Crippen LogP contribution in [-0.2, 0) is 11.3 Å². The number of likely N-dealkylation sites (N-methyl/N-ethyl adjacent to an activating group) is 1. The van der Waals surface area contributed by atoms with Crippen LogP contribution in [0.2, 0.25) is 0 Å². The molecule has 28 heavy (non-hydrogen) atoms. The second kappa shape index (κ2) is 14.9. The normalized spacial score (nSPS) is 15.2. The van der Waals surface area contributed by atoms with Gasteiger partial charge in [0.05, 0.1) is 0 Å². The highest BCUT2D eigenvalue weighted by atomic mass is 127. The Morgan fingerprint density at radius 2 is 2.07 bits per heavy atom. The highest BCUT2D eigenvalue weighted by molar-refractivity contribution is 14.0. The summed E-state index contributed by atoms with van der Waals surface area (Å²) in [5.74, 6) is 1.76. The summed E-state index contributed by atoms with van der Waals surface area (Å²) in [7, 11) is 3.98. The minimum atomic E-state index is 0. The molecule has 1 aromatic rings. The van der Waals surface area contributed by atoms with Crippen LogP contribution in [0.25, 0.3) is 0 Å². The maximum atomic E-state index is 5.97. The lowest BCUT2D eigenvalue weighted by atomic mass is 10.1. The van der Waals surface area contributed by atoms with Crippen molar-refractivity contribution in [3.63, 3.8) is 0 Å². The van der Waals surface area contributed by atoms with Gasteiger partial charge in [0.15, 0.2) is 5.96 Å². The standard InChI is InChI=1S/C21H36N4O2.HI/c1-4-5-11-23-21(22-2)24-17-18-7-6-8-20(16-18)27-15-12-25(3)19-9-13-26-14-10-19;/h6-8,16,19H,4-5,9-15,17H2,1-3H3,(H2,22,23,24);1H. The second-order valence-electron chi connectivity index (χ2n) is 7.03. The van der Waals surface area contributed by atoms with Crippen LogP contribution in [0, 0.1) is 0 Å². The Kier molecular flexibility index (Phi) is 13.3. The number of hydrogen-bond donors (Lipinski definition) is 2. The van der Waals surface area contributed by atoms with Gasteiger partial charge in [-0.2, -0.15) is 0 Å². The average molecular weight is 504 g/mol. The molecule has 1 fully saturated rings. The first-order valence-electron chi connectivity index (χ1n) is 10.2. The van der Waals surface area contributed by atoms with Crippen LogP contribution >= 0.6 is 24.0 Å². The SMILES string of the molecule is CCCCNC(=NC)NCc1cccc(OCCN(C)C2CCOCC2)c1.I. The van der Waals surface area contributed by atoms with Crippen molar-refractivity contribution in [1.29, 1.82) is 0 Å². The fourth-order valence-corrected chi connectivity index (χ4v) is 3.15. The van der Waals surface area contributed by atoms with E-state index in [4.69, 9.17) is 9.47 Å². The van der Waals surface area contributed by atoms with Gasteiger partial charge in [-0.3, -0.25) is 9.89 Å². The zero-order chi connectivity index (χ0) is 19.3. The third kappa shape index (κ3) is 9.43. The van der Waals surface area contributed by atoms with E-state index < -0.39 is 0 Å². The Labute approximate surface area is 187 Å². The first kappa shape index (κ1) is 25.0. The molecule has 0 bridgehead atoms. The monoisotopic (exact) mass is 504 g/mol. The molecule has 0 spiro atoms. The summed E-state index contributed by atoms with van der Waals surface area (Å²) < 4.78 is 11.4. The zero-order valence-electron chi connectivity index (χ0n) is 17.6. The van der Waals surface area contributed by atoms with Gasteiger partial charge in [0.1, 0.15) is 12.4 Å². The number of aliphatic imine (C=N–C) groups is 1. The van der Waals surface area contributed by atoms with E-state index in [1.165, 1.54) is 12.0 Å². The molecule has 1 saturated heterocycles. The number of unbranched alkanes of at least 4 members (excludes halogenated alkanes) is 1. The Morgan fingerprint density at radius 1 is 1.29 bits per heavy atom. The molecular weight excluding hydrogens is 467 g/mol. The van der Waals surface area contributed by atoms with E-state index in [-0.39, 0.29) is 24.0 Å². The van der Waals surface area contributed by atoms with Gasteiger partial charge in [-0.05, 0) is 44.0 Å². The molecule has 7 heteroatoms. The molecule has 0 unspecified atom stereocenters. The molecule has 6 nitrogen and oxygen atoms in total. The van der Waals surface area contributed by atoms with Gasteiger partial charge < -0.3 is 20.1 Å². The molecule has 2 rings (SSSR count). The molecule has 0 amide bonds. The first-order valence-corrected chi connectivity index (χ1v) is 10.2. The second-order valence-corrected chi connectivity index (χ2v) is 7.03. The minimum Gasteiger partial charge on any atom is -0.492 e. The van der Waals surface area contributed by atoms with Crippen molar-refractivity contribution in [2.45, 2.75) is 45.2 Å².